The molecule has 0 bridgehead atoms. The Kier molecular flexibility index (Phi) is 6.32. The second-order valence-electron chi connectivity index (χ2n) is 7.45. The number of aliphatic hydroxyl groups is 1. The maximum atomic E-state index is 12.8. The van der Waals surface area contributed by atoms with Crippen LogP contribution in [0.4, 0.5) is 0 Å². The summed E-state index contributed by atoms with van der Waals surface area (Å²) in [4.78, 5) is 22.0. The molecule has 1 saturated carbocycles. The number of halogens is 2. The molecule has 4 rings (SSSR count). The van der Waals surface area contributed by atoms with Gasteiger partial charge in [0.15, 0.2) is 0 Å². The first-order valence-electron chi connectivity index (χ1n) is 9.87. The van der Waals surface area contributed by atoms with Gasteiger partial charge in [-0.3, -0.25) is 9.78 Å². The van der Waals surface area contributed by atoms with Gasteiger partial charge < -0.3 is 10.4 Å². The fourth-order valence-corrected chi connectivity index (χ4v) is 3.86. The minimum atomic E-state index is -0.270. The Labute approximate surface area is 185 Å². The average molecular weight is 442 g/mol. The van der Waals surface area contributed by atoms with Gasteiger partial charge in [-0.2, -0.15) is 0 Å². The lowest BCUT2D eigenvalue weighted by Crippen LogP contribution is -2.39. The van der Waals surface area contributed by atoms with E-state index in [0.717, 1.165) is 24.0 Å². The molecule has 1 amide bonds. The van der Waals surface area contributed by atoms with Crippen molar-refractivity contribution in [3.63, 3.8) is 0 Å². The monoisotopic (exact) mass is 441 g/mol. The molecule has 1 heterocycles. The van der Waals surface area contributed by atoms with Crippen LogP contribution in [-0.4, -0.2) is 33.1 Å². The third-order valence-corrected chi connectivity index (χ3v) is 5.78. The van der Waals surface area contributed by atoms with Crippen molar-refractivity contribution in [2.24, 2.45) is 0 Å². The van der Waals surface area contributed by atoms with Gasteiger partial charge in [0.1, 0.15) is 5.69 Å². The van der Waals surface area contributed by atoms with Crippen molar-refractivity contribution in [2.45, 2.75) is 37.8 Å². The SMILES string of the molecule is O=C(N[C@H]1CC[C@H](O)CC1)c1cnc(-c2ccc(Cl)cc2)c(-c2ccc(Cl)cc2)n1. The van der Waals surface area contributed by atoms with E-state index in [9.17, 15) is 9.90 Å². The topological polar surface area (TPSA) is 75.1 Å². The van der Waals surface area contributed by atoms with E-state index in [2.05, 4.69) is 15.3 Å². The lowest BCUT2D eigenvalue weighted by Gasteiger charge is -2.26. The lowest BCUT2D eigenvalue weighted by atomic mass is 9.93. The van der Waals surface area contributed by atoms with Crippen LogP contribution in [0.3, 0.4) is 0 Å². The fraction of sp³-hybridized carbons (Fsp3) is 0.261. The van der Waals surface area contributed by atoms with Crippen LogP contribution in [0.5, 0.6) is 0 Å². The van der Waals surface area contributed by atoms with E-state index in [1.165, 1.54) is 6.20 Å². The minimum Gasteiger partial charge on any atom is -0.393 e. The van der Waals surface area contributed by atoms with E-state index in [4.69, 9.17) is 23.2 Å². The van der Waals surface area contributed by atoms with Crippen molar-refractivity contribution in [1.29, 1.82) is 0 Å². The van der Waals surface area contributed by atoms with Gasteiger partial charge in [-0.05, 0) is 49.9 Å². The summed E-state index contributed by atoms with van der Waals surface area (Å²) in [7, 11) is 0. The second-order valence-corrected chi connectivity index (χ2v) is 8.32. The number of carbonyl (C=O) groups is 1. The van der Waals surface area contributed by atoms with Crippen molar-refractivity contribution in [1.82, 2.24) is 15.3 Å². The van der Waals surface area contributed by atoms with Crippen LogP contribution in [0, 0.1) is 0 Å². The van der Waals surface area contributed by atoms with Crippen molar-refractivity contribution >= 4 is 29.1 Å². The van der Waals surface area contributed by atoms with Crippen molar-refractivity contribution in [3.05, 3.63) is 70.5 Å². The molecule has 5 nitrogen and oxygen atoms in total. The molecule has 0 spiro atoms. The number of benzene rings is 2. The van der Waals surface area contributed by atoms with Crippen molar-refractivity contribution < 1.29 is 9.90 Å². The molecule has 154 valence electrons. The van der Waals surface area contributed by atoms with Gasteiger partial charge in [-0.1, -0.05) is 47.5 Å². The predicted octanol–water partition coefficient (Wildman–Crippen LogP) is 5.15. The van der Waals surface area contributed by atoms with Crippen LogP contribution < -0.4 is 5.32 Å². The van der Waals surface area contributed by atoms with Gasteiger partial charge in [0.2, 0.25) is 0 Å². The van der Waals surface area contributed by atoms with Crippen LogP contribution in [0.15, 0.2) is 54.7 Å². The summed E-state index contributed by atoms with van der Waals surface area (Å²) in [5, 5.41) is 13.9. The fourth-order valence-electron chi connectivity index (χ4n) is 3.61. The minimum absolute atomic E-state index is 0.0395. The van der Waals surface area contributed by atoms with Gasteiger partial charge in [-0.25, -0.2) is 4.98 Å². The van der Waals surface area contributed by atoms with E-state index in [1.807, 2.05) is 24.3 Å². The lowest BCUT2D eigenvalue weighted by molar-refractivity contribution is 0.0863. The first kappa shape index (κ1) is 20.8. The van der Waals surface area contributed by atoms with Crippen LogP contribution in [0.2, 0.25) is 10.0 Å². The molecule has 1 aromatic heterocycles. The molecule has 0 atom stereocenters. The second kappa shape index (κ2) is 9.13. The zero-order valence-corrected chi connectivity index (χ0v) is 17.7. The highest BCUT2D eigenvalue weighted by atomic mass is 35.5. The zero-order chi connectivity index (χ0) is 21.1. The molecular weight excluding hydrogens is 421 g/mol. The van der Waals surface area contributed by atoms with Crippen LogP contribution in [-0.2, 0) is 0 Å². The number of hydrogen-bond donors (Lipinski definition) is 2. The van der Waals surface area contributed by atoms with E-state index in [1.54, 1.807) is 24.3 Å². The number of nitrogens with one attached hydrogen (secondary N) is 1. The molecule has 3 aromatic rings. The Morgan fingerprint density at radius 3 is 1.97 bits per heavy atom. The average Bonchev–Trinajstić information content (AvgIpc) is 2.76. The maximum absolute atomic E-state index is 12.8. The molecule has 0 aliphatic heterocycles. The van der Waals surface area contributed by atoms with Gasteiger partial charge in [0.25, 0.3) is 5.91 Å². The van der Waals surface area contributed by atoms with Crippen LogP contribution >= 0.6 is 23.2 Å². The summed E-state index contributed by atoms with van der Waals surface area (Å²) in [6.45, 7) is 0. The largest absolute Gasteiger partial charge is 0.393 e. The van der Waals surface area contributed by atoms with E-state index >= 15 is 0 Å². The van der Waals surface area contributed by atoms with E-state index in [0.29, 0.717) is 34.3 Å². The van der Waals surface area contributed by atoms with Gasteiger partial charge in [0.05, 0.1) is 23.7 Å². The number of aromatic nitrogens is 2. The normalized spacial score (nSPS) is 18.8. The van der Waals surface area contributed by atoms with Crippen molar-refractivity contribution in [2.75, 3.05) is 0 Å². The molecule has 0 unspecified atom stereocenters. The first-order valence-corrected chi connectivity index (χ1v) is 10.6. The molecule has 0 radical (unpaired) electrons. The smallest absolute Gasteiger partial charge is 0.271 e. The standard InChI is InChI=1S/C23H21Cl2N3O2/c24-16-5-1-14(2-6-16)21-22(15-3-7-17(25)8-4-15)28-20(13-26-21)23(30)27-18-9-11-19(29)12-10-18/h1-8,13,18-19,29H,9-12H2,(H,27,30)/t18-,19-. The first-order chi connectivity index (χ1) is 14.5. The maximum Gasteiger partial charge on any atom is 0.271 e. The molecule has 1 aliphatic rings. The third-order valence-electron chi connectivity index (χ3n) is 5.27. The van der Waals surface area contributed by atoms with Gasteiger partial charge >= 0.3 is 0 Å². The Morgan fingerprint density at radius 2 is 1.40 bits per heavy atom. The molecule has 30 heavy (non-hydrogen) atoms. The summed E-state index contributed by atoms with van der Waals surface area (Å²) >= 11 is 12.1. The Balaban J connectivity index is 1.67. The summed E-state index contributed by atoms with van der Waals surface area (Å²) in [6, 6.07) is 14.7. The number of hydrogen-bond acceptors (Lipinski definition) is 4. The number of amides is 1. The van der Waals surface area contributed by atoms with Crippen LogP contribution in [0.25, 0.3) is 22.5 Å². The summed E-state index contributed by atoms with van der Waals surface area (Å²) in [6.07, 6.45) is 4.13. The molecule has 7 heteroatoms. The molecule has 2 aromatic carbocycles. The highest BCUT2D eigenvalue weighted by Crippen LogP contribution is 2.30. The number of carbonyl (C=O) groups excluding carboxylic acids is 1. The van der Waals surface area contributed by atoms with Crippen molar-refractivity contribution in [3.8, 4) is 22.5 Å². The molecule has 1 fully saturated rings. The Hall–Kier alpha value is -2.47. The molecular formula is C23H21Cl2N3O2. The number of rotatable bonds is 4. The zero-order valence-electron chi connectivity index (χ0n) is 16.2. The van der Waals surface area contributed by atoms with E-state index in [-0.39, 0.29) is 23.7 Å². The Bertz CT molecular complexity index is 1030. The summed E-state index contributed by atoms with van der Waals surface area (Å²) < 4.78 is 0. The Morgan fingerprint density at radius 1 is 0.867 bits per heavy atom. The third kappa shape index (κ3) is 4.81. The quantitative estimate of drug-likeness (QED) is 0.586. The summed E-state index contributed by atoms with van der Waals surface area (Å²) in [5.41, 5.74) is 3.17. The van der Waals surface area contributed by atoms with Gasteiger partial charge in [0, 0.05) is 27.2 Å². The molecule has 2 N–H and O–H groups in total. The summed E-state index contributed by atoms with van der Waals surface area (Å²) in [5.74, 6) is -0.262. The highest BCUT2D eigenvalue weighted by Gasteiger charge is 2.23. The van der Waals surface area contributed by atoms with Crippen LogP contribution in [0.1, 0.15) is 36.2 Å². The predicted molar refractivity (Wildman–Crippen MR) is 119 cm³/mol. The van der Waals surface area contributed by atoms with Gasteiger partial charge in [-0.15, -0.1) is 0 Å². The number of nitrogens with zero attached hydrogens (tertiary/aromatic N) is 2. The molecule has 1 aliphatic carbocycles. The van der Waals surface area contributed by atoms with E-state index < -0.39 is 0 Å². The number of aliphatic hydroxyl groups excluding tert-OH is 1. The molecule has 0 saturated heterocycles. The highest BCUT2D eigenvalue weighted by molar-refractivity contribution is 6.31.